The maximum atomic E-state index is 14.8. The highest BCUT2D eigenvalue weighted by atomic mass is 16.5. The second-order valence-electron chi connectivity index (χ2n) is 11.3. The molecular weight excluding hydrogens is 540 g/mol. The van der Waals surface area contributed by atoms with Gasteiger partial charge in [-0.25, -0.2) is 0 Å². The molecule has 43 heavy (non-hydrogen) atoms. The normalized spacial score (nSPS) is 22.9. The number of hydrogen-bond donors (Lipinski definition) is 1. The Hall–Kier alpha value is -5.30. The number of carbonyl (C=O) groups excluding carboxylic acids is 4. The predicted molar refractivity (Wildman–Crippen MR) is 162 cm³/mol. The molecule has 0 unspecified atom stereocenters. The highest BCUT2D eigenvalue weighted by Crippen LogP contribution is 2.62. The molecule has 4 aromatic rings. The van der Waals surface area contributed by atoms with E-state index in [0.717, 1.165) is 16.7 Å². The van der Waals surface area contributed by atoms with E-state index in [1.54, 1.807) is 36.4 Å². The van der Waals surface area contributed by atoms with E-state index in [4.69, 9.17) is 4.74 Å². The molecule has 7 nitrogen and oxygen atoms in total. The number of para-hydroxylation sites is 1. The largest absolute Gasteiger partial charge is 0.427 e. The van der Waals surface area contributed by atoms with Crippen molar-refractivity contribution in [1.29, 1.82) is 0 Å². The summed E-state index contributed by atoms with van der Waals surface area (Å²) >= 11 is 0. The Morgan fingerprint density at radius 1 is 0.814 bits per heavy atom. The minimum Gasteiger partial charge on any atom is -0.427 e. The molecule has 1 fully saturated rings. The molecule has 212 valence electrons. The Labute approximate surface area is 248 Å². The highest BCUT2D eigenvalue weighted by Gasteiger charge is 2.70. The third-order valence-electron chi connectivity index (χ3n) is 8.86. The zero-order valence-electron chi connectivity index (χ0n) is 23.6. The van der Waals surface area contributed by atoms with Crippen molar-refractivity contribution in [1.82, 2.24) is 4.90 Å². The lowest BCUT2D eigenvalue weighted by atomic mass is 9.62. The van der Waals surface area contributed by atoms with Gasteiger partial charge in [0.15, 0.2) is 11.6 Å². The van der Waals surface area contributed by atoms with Crippen molar-refractivity contribution in [2.24, 2.45) is 5.92 Å². The van der Waals surface area contributed by atoms with Crippen molar-refractivity contribution in [2.45, 2.75) is 31.3 Å². The minimum atomic E-state index is -1.39. The number of nitrogens with zero attached hydrogens (tertiary/aromatic N) is 1. The summed E-state index contributed by atoms with van der Waals surface area (Å²) in [6, 6.07) is 27.2. The van der Waals surface area contributed by atoms with E-state index >= 15 is 0 Å². The summed E-state index contributed by atoms with van der Waals surface area (Å²) < 4.78 is 5.18. The molecule has 3 aliphatic rings. The van der Waals surface area contributed by atoms with Crippen LogP contribution in [0.3, 0.4) is 0 Å². The van der Waals surface area contributed by atoms with E-state index in [9.17, 15) is 19.2 Å². The molecule has 3 heterocycles. The molecule has 0 bridgehead atoms. The number of fused-ring (bicyclic) bond motifs is 6. The molecular formula is C36H28N2O5. The maximum absolute atomic E-state index is 14.8. The summed E-state index contributed by atoms with van der Waals surface area (Å²) in [5.41, 5.74) is 3.53. The average molecular weight is 569 g/mol. The van der Waals surface area contributed by atoms with E-state index in [0.29, 0.717) is 28.1 Å². The van der Waals surface area contributed by atoms with Gasteiger partial charge in [-0.1, -0.05) is 72.3 Å². The monoisotopic (exact) mass is 568 g/mol. The van der Waals surface area contributed by atoms with Gasteiger partial charge in [-0.05, 0) is 60.0 Å². The lowest BCUT2D eigenvalue weighted by Crippen LogP contribution is -2.49. The molecule has 0 radical (unpaired) electrons. The van der Waals surface area contributed by atoms with Gasteiger partial charge in [0.25, 0.3) is 0 Å². The van der Waals surface area contributed by atoms with Crippen molar-refractivity contribution in [3.05, 3.63) is 137 Å². The van der Waals surface area contributed by atoms with E-state index in [2.05, 4.69) is 5.32 Å². The van der Waals surface area contributed by atoms with E-state index in [-0.39, 0.29) is 17.5 Å². The number of amides is 1. The molecule has 1 spiro atoms. The van der Waals surface area contributed by atoms with Gasteiger partial charge in [0.05, 0.1) is 12.0 Å². The zero-order chi connectivity index (χ0) is 29.9. The second kappa shape index (κ2) is 9.91. The molecule has 1 amide bonds. The summed E-state index contributed by atoms with van der Waals surface area (Å²) in [6.45, 7) is 3.25. The first-order valence-corrected chi connectivity index (χ1v) is 14.2. The van der Waals surface area contributed by atoms with E-state index in [1.807, 2.05) is 84.8 Å². The van der Waals surface area contributed by atoms with Gasteiger partial charge < -0.3 is 15.0 Å². The SMILES string of the molecule is CC(=O)Oc1ccc(C(=O)[C@H]2[C@@H](C(=O)c3ccc(C)cc3)[C@@]3(C(=O)Nc4ccccc43)[C@H]3c4ccccc4C=CN23)cc1. The quantitative estimate of drug-likeness (QED) is 0.183. The van der Waals surface area contributed by atoms with Crippen LogP contribution < -0.4 is 10.1 Å². The number of esters is 1. The number of rotatable bonds is 5. The number of Topliss-reactive ketones (excluding diaryl/α,β-unsaturated/α-hetero) is 2. The van der Waals surface area contributed by atoms with Crippen LogP contribution in [0.1, 0.15) is 55.9 Å². The van der Waals surface area contributed by atoms with Gasteiger partial charge in [0.1, 0.15) is 17.2 Å². The van der Waals surface area contributed by atoms with Crippen LogP contribution in [-0.4, -0.2) is 34.4 Å². The fraction of sp³-hybridized carbons (Fsp3) is 0.167. The molecule has 7 heteroatoms. The molecule has 0 aliphatic carbocycles. The molecule has 0 aromatic heterocycles. The van der Waals surface area contributed by atoms with E-state index < -0.39 is 29.4 Å². The van der Waals surface area contributed by atoms with Crippen molar-refractivity contribution in [3.63, 3.8) is 0 Å². The Morgan fingerprint density at radius 2 is 1.47 bits per heavy atom. The standard InChI is InChI=1S/C36H28N2O5/c1-21-11-13-24(14-12-21)32(40)30-31(33(41)25-15-17-26(18-16-25)43-22(2)39)38-20-19-23-7-3-4-8-27(23)34(38)36(30)28-9-5-6-10-29(28)37-35(36)42/h3-20,30-31,34H,1-2H3,(H,37,42)/t30-,31+,34+,36+/m0/s1. The van der Waals surface area contributed by atoms with Crippen LogP contribution in [0, 0.1) is 12.8 Å². The number of aryl methyl sites for hydroxylation is 1. The topological polar surface area (TPSA) is 92.8 Å². The third-order valence-corrected chi connectivity index (χ3v) is 8.86. The van der Waals surface area contributed by atoms with E-state index in [1.165, 1.54) is 6.92 Å². The van der Waals surface area contributed by atoms with Crippen LogP contribution in [0.4, 0.5) is 5.69 Å². The predicted octanol–water partition coefficient (Wildman–Crippen LogP) is 5.90. The van der Waals surface area contributed by atoms with Gasteiger partial charge in [0.2, 0.25) is 5.91 Å². The first-order valence-electron chi connectivity index (χ1n) is 14.2. The summed E-state index contributed by atoms with van der Waals surface area (Å²) in [4.78, 5) is 57.3. The summed E-state index contributed by atoms with van der Waals surface area (Å²) in [5.74, 6) is -2.09. The Morgan fingerprint density at radius 3 is 2.21 bits per heavy atom. The van der Waals surface area contributed by atoms with Gasteiger partial charge in [-0.3, -0.25) is 19.2 Å². The maximum Gasteiger partial charge on any atom is 0.308 e. The highest BCUT2D eigenvalue weighted by molar-refractivity contribution is 6.16. The van der Waals surface area contributed by atoms with Gasteiger partial charge in [-0.2, -0.15) is 0 Å². The molecule has 0 saturated carbocycles. The van der Waals surface area contributed by atoms with Gasteiger partial charge in [0, 0.05) is 29.9 Å². The summed E-state index contributed by atoms with van der Waals surface area (Å²) in [6.07, 6.45) is 3.78. The van der Waals surface area contributed by atoms with Crippen molar-refractivity contribution < 1.29 is 23.9 Å². The minimum absolute atomic E-state index is 0.276. The lowest BCUT2D eigenvalue weighted by Gasteiger charge is -2.38. The lowest BCUT2D eigenvalue weighted by molar-refractivity contribution is -0.131. The molecule has 1 saturated heterocycles. The molecule has 1 N–H and O–H groups in total. The molecule has 4 atom stereocenters. The zero-order valence-corrected chi connectivity index (χ0v) is 23.6. The Bertz CT molecular complexity index is 1840. The number of ether oxygens (including phenoxy) is 1. The molecule has 3 aliphatic heterocycles. The first-order chi connectivity index (χ1) is 20.8. The van der Waals surface area contributed by atoms with Crippen molar-refractivity contribution in [2.75, 3.05) is 5.32 Å². The fourth-order valence-corrected chi connectivity index (χ4v) is 7.09. The Balaban J connectivity index is 1.48. The summed E-state index contributed by atoms with van der Waals surface area (Å²) in [7, 11) is 0. The van der Waals surface area contributed by atoms with Crippen LogP contribution in [0.25, 0.3) is 6.08 Å². The number of anilines is 1. The van der Waals surface area contributed by atoms with Gasteiger partial charge >= 0.3 is 5.97 Å². The van der Waals surface area contributed by atoms with Crippen LogP contribution in [0.2, 0.25) is 0 Å². The molecule has 4 aromatic carbocycles. The second-order valence-corrected chi connectivity index (χ2v) is 11.3. The number of ketones is 2. The number of benzene rings is 4. The van der Waals surface area contributed by atoms with Crippen molar-refractivity contribution in [3.8, 4) is 5.75 Å². The average Bonchev–Trinajstić information content (AvgIpc) is 3.49. The molecule has 7 rings (SSSR count). The number of carbonyl (C=O) groups is 4. The van der Waals surface area contributed by atoms with Crippen LogP contribution >= 0.6 is 0 Å². The first kappa shape index (κ1) is 26.6. The third kappa shape index (κ3) is 3.96. The van der Waals surface area contributed by atoms with Crippen LogP contribution in [0.5, 0.6) is 5.75 Å². The summed E-state index contributed by atoms with van der Waals surface area (Å²) in [5, 5.41) is 3.06. The van der Waals surface area contributed by atoms with Crippen LogP contribution in [0.15, 0.2) is 103 Å². The number of nitrogens with one attached hydrogen (secondary N) is 1. The van der Waals surface area contributed by atoms with Crippen molar-refractivity contribution >= 4 is 35.2 Å². The Kier molecular flexibility index (Phi) is 6.13. The van der Waals surface area contributed by atoms with Gasteiger partial charge in [-0.15, -0.1) is 0 Å². The van der Waals surface area contributed by atoms with Crippen LogP contribution in [-0.2, 0) is 15.0 Å². The number of hydrogen-bond acceptors (Lipinski definition) is 6. The fourth-order valence-electron chi connectivity index (χ4n) is 7.09. The smallest absolute Gasteiger partial charge is 0.308 e.